The molecule has 0 saturated carbocycles. The number of anilines is 2. The lowest BCUT2D eigenvalue weighted by Gasteiger charge is -2.18. The third kappa shape index (κ3) is 2.30. The van der Waals surface area contributed by atoms with Crippen LogP contribution in [0.4, 0.5) is 10.8 Å². The van der Waals surface area contributed by atoms with Gasteiger partial charge in [0.05, 0.1) is 0 Å². The number of nitrogens with zero attached hydrogens (tertiary/aromatic N) is 2. The van der Waals surface area contributed by atoms with Gasteiger partial charge in [-0.25, -0.2) is 0 Å². The van der Waals surface area contributed by atoms with Crippen LogP contribution in [0.2, 0.25) is 0 Å². The van der Waals surface area contributed by atoms with Crippen LogP contribution >= 0.6 is 32.9 Å². The summed E-state index contributed by atoms with van der Waals surface area (Å²) in [5.74, 6) is 0. The first-order valence-electron chi connectivity index (χ1n) is 4.71. The van der Waals surface area contributed by atoms with E-state index in [4.69, 9.17) is 18.0 Å². The van der Waals surface area contributed by atoms with Crippen molar-refractivity contribution in [1.29, 1.82) is 0 Å². The Hall–Kier alpha value is -0.820. The highest BCUT2D eigenvalue weighted by molar-refractivity contribution is 7.79. The van der Waals surface area contributed by atoms with Gasteiger partial charge in [0.1, 0.15) is 0 Å². The van der Waals surface area contributed by atoms with Crippen LogP contribution in [0.15, 0.2) is 24.3 Å². The molecule has 0 spiro atoms. The molecule has 0 aliphatic rings. The van der Waals surface area contributed by atoms with E-state index in [0.29, 0.717) is 10.5 Å². The molecule has 84 valence electrons. The van der Waals surface area contributed by atoms with Crippen LogP contribution in [0.3, 0.4) is 0 Å². The number of para-hydroxylation sites is 1. The zero-order valence-electron chi connectivity index (χ0n) is 8.71. The van der Waals surface area contributed by atoms with Gasteiger partial charge >= 0.3 is 0 Å². The van der Waals surface area contributed by atoms with Gasteiger partial charge in [0.15, 0.2) is 3.95 Å². The largest absolute Gasteiger partial charge is 0.326 e. The molecule has 0 radical (unpaired) electrons. The highest BCUT2D eigenvalue weighted by atomic mass is 32.9. The SMILES string of the molecule is CN(c1nc(=S)ss1)c1ccccc1CN. The Balaban J connectivity index is 2.40. The number of rotatable bonds is 3. The Bertz CT molecular complexity index is 532. The van der Waals surface area contributed by atoms with E-state index < -0.39 is 0 Å². The van der Waals surface area contributed by atoms with E-state index in [-0.39, 0.29) is 0 Å². The molecule has 0 bridgehead atoms. The van der Waals surface area contributed by atoms with Gasteiger partial charge in [-0.2, -0.15) is 4.98 Å². The maximum Gasteiger partial charge on any atom is 0.201 e. The molecule has 0 unspecified atom stereocenters. The lowest BCUT2D eigenvalue weighted by atomic mass is 10.1. The molecular weight excluding hydrogens is 258 g/mol. The van der Waals surface area contributed by atoms with Crippen molar-refractivity contribution in [2.24, 2.45) is 5.73 Å². The molecule has 0 fully saturated rings. The van der Waals surface area contributed by atoms with E-state index in [1.807, 2.05) is 36.2 Å². The normalized spacial score (nSPS) is 10.4. The van der Waals surface area contributed by atoms with E-state index in [9.17, 15) is 0 Å². The van der Waals surface area contributed by atoms with Gasteiger partial charge in [-0.1, -0.05) is 18.2 Å². The summed E-state index contributed by atoms with van der Waals surface area (Å²) in [7, 11) is 5.08. The zero-order valence-corrected chi connectivity index (χ0v) is 11.2. The van der Waals surface area contributed by atoms with Crippen molar-refractivity contribution in [3.05, 3.63) is 33.8 Å². The molecule has 2 N–H and O–H groups in total. The third-order valence-corrected chi connectivity index (χ3v) is 4.89. The van der Waals surface area contributed by atoms with Crippen molar-refractivity contribution in [3.63, 3.8) is 0 Å². The number of hydrogen-bond donors (Lipinski definition) is 1. The molecule has 6 heteroatoms. The Morgan fingerprint density at radius 3 is 2.75 bits per heavy atom. The zero-order chi connectivity index (χ0) is 11.5. The summed E-state index contributed by atoms with van der Waals surface area (Å²) in [5, 5.41) is 0.913. The number of benzene rings is 1. The molecule has 1 aromatic carbocycles. The van der Waals surface area contributed by atoms with Crippen LogP contribution < -0.4 is 10.6 Å². The van der Waals surface area contributed by atoms with Crippen molar-refractivity contribution in [1.82, 2.24) is 4.98 Å². The van der Waals surface area contributed by atoms with Crippen LogP contribution in [-0.4, -0.2) is 12.0 Å². The monoisotopic (exact) mass is 269 g/mol. The highest BCUT2D eigenvalue weighted by Crippen LogP contribution is 2.30. The van der Waals surface area contributed by atoms with Crippen LogP contribution in [0.1, 0.15) is 5.56 Å². The molecule has 0 amide bonds. The summed E-state index contributed by atoms with van der Waals surface area (Å²) in [4.78, 5) is 6.33. The first kappa shape index (κ1) is 11.7. The first-order valence-corrected chi connectivity index (χ1v) is 7.27. The van der Waals surface area contributed by atoms with Gasteiger partial charge < -0.3 is 10.6 Å². The maximum atomic E-state index is 5.71. The van der Waals surface area contributed by atoms with Gasteiger partial charge in [0.25, 0.3) is 0 Å². The summed E-state index contributed by atoms with van der Waals surface area (Å²) in [6.45, 7) is 0.524. The molecule has 0 aliphatic heterocycles. The molecule has 2 rings (SSSR count). The average Bonchev–Trinajstić information content (AvgIpc) is 2.75. The summed E-state index contributed by atoms with van der Waals surface area (Å²) in [5.41, 5.74) is 7.90. The molecule has 2 aromatic rings. The van der Waals surface area contributed by atoms with Crippen LogP contribution in [0.25, 0.3) is 0 Å². The molecule has 0 saturated heterocycles. The van der Waals surface area contributed by atoms with Crippen molar-refractivity contribution >= 4 is 43.7 Å². The molecule has 1 aromatic heterocycles. The quantitative estimate of drug-likeness (QED) is 0.686. The predicted molar refractivity (Wildman–Crippen MR) is 73.2 cm³/mol. The minimum Gasteiger partial charge on any atom is -0.326 e. The van der Waals surface area contributed by atoms with E-state index in [1.54, 1.807) is 10.3 Å². The Morgan fingerprint density at radius 1 is 1.38 bits per heavy atom. The molecule has 0 aliphatic carbocycles. The van der Waals surface area contributed by atoms with Gasteiger partial charge in [0, 0.05) is 19.3 Å². The van der Waals surface area contributed by atoms with Crippen LogP contribution in [-0.2, 0) is 6.54 Å². The fourth-order valence-corrected chi connectivity index (χ4v) is 3.55. The van der Waals surface area contributed by atoms with Gasteiger partial charge in [0.2, 0.25) is 5.13 Å². The van der Waals surface area contributed by atoms with Crippen molar-refractivity contribution in [2.75, 3.05) is 11.9 Å². The standard InChI is InChI=1S/C10H11N3S3/c1-13(9-12-10(14)16-15-9)8-5-3-2-4-7(8)6-11/h2-5H,6,11H2,1H3. The summed E-state index contributed by atoms with van der Waals surface area (Å²) in [6.07, 6.45) is 0. The minimum absolute atomic E-state index is 0.524. The van der Waals surface area contributed by atoms with Crippen molar-refractivity contribution in [3.8, 4) is 0 Å². The van der Waals surface area contributed by atoms with Gasteiger partial charge in [-0.05, 0) is 44.5 Å². The number of aromatic nitrogens is 1. The molecule has 3 nitrogen and oxygen atoms in total. The van der Waals surface area contributed by atoms with Crippen molar-refractivity contribution < 1.29 is 0 Å². The van der Waals surface area contributed by atoms with E-state index in [2.05, 4.69) is 4.98 Å². The van der Waals surface area contributed by atoms with Crippen LogP contribution in [0, 0.1) is 3.95 Å². The number of nitrogens with two attached hydrogens (primary N) is 1. The third-order valence-electron chi connectivity index (χ3n) is 2.23. The first-order chi connectivity index (χ1) is 7.72. The van der Waals surface area contributed by atoms with Gasteiger partial charge in [-0.15, -0.1) is 0 Å². The van der Waals surface area contributed by atoms with E-state index in [0.717, 1.165) is 16.4 Å². The smallest absolute Gasteiger partial charge is 0.201 e. The second-order valence-electron chi connectivity index (χ2n) is 3.22. The van der Waals surface area contributed by atoms with Crippen LogP contribution in [0.5, 0.6) is 0 Å². The summed E-state index contributed by atoms with van der Waals surface area (Å²) < 4.78 is 0.678. The minimum atomic E-state index is 0.524. The molecular formula is C10H11N3S3. The fraction of sp³-hybridized carbons (Fsp3) is 0.200. The Morgan fingerprint density at radius 2 is 2.12 bits per heavy atom. The number of hydrogen-bond acceptors (Lipinski definition) is 6. The molecule has 16 heavy (non-hydrogen) atoms. The van der Waals surface area contributed by atoms with Crippen molar-refractivity contribution in [2.45, 2.75) is 6.54 Å². The van der Waals surface area contributed by atoms with E-state index in [1.165, 1.54) is 10.3 Å². The summed E-state index contributed by atoms with van der Waals surface area (Å²) in [6, 6.07) is 8.05. The summed E-state index contributed by atoms with van der Waals surface area (Å²) >= 11 is 5.03. The topological polar surface area (TPSA) is 42.2 Å². The Kier molecular flexibility index (Phi) is 3.65. The molecule has 1 heterocycles. The average molecular weight is 269 g/mol. The highest BCUT2D eigenvalue weighted by Gasteiger charge is 2.10. The fourth-order valence-electron chi connectivity index (χ4n) is 1.43. The molecule has 0 atom stereocenters. The second-order valence-corrected chi connectivity index (χ2v) is 5.95. The lowest BCUT2D eigenvalue weighted by molar-refractivity contribution is 1.04. The predicted octanol–water partition coefficient (Wildman–Crippen LogP) is 3.16. The Labute approximate surface area is 107 Å². The lowest BCUT2D eigenvalue weighted by Crippen LogP contribution is -2.12. The maximum absolute atomic E-state index is 5.71. The second kappa shape index (κ2) is 5.01. The van der Waals surface area contributed by atoms with E-state index >= 15 is 0 Å². The van der Waals surface area contributed by atoms with Gasteiger partial charge in [-0.3, -0.25) is 0 Å².